The van der Waals surface area contributed by atoms with E-state index in [-0.39, 0.29) is 0 Å². The van der Waals surface area contributed by atoms with Crippen LogP contribution in [-0.4, -0.2) is 56.4 Å². The largest absolute Gasteiger partial charge is 0.379 e. The monoisotopic (exact) mass is 199 g/mol. The van der Waals surface area contributed by atoms with Crippen LogP contribution in [-0.2, 0) is 4.74 Å². The molecule has 2 rings (SSSR count). The third-order valence-corrected chi connectivity index (χ3v) is 3.32. The molecule has 0 bridgehead atoms. The number of nitrogens with two attached hydrogens (primary N) is 1. The van der Waals surface area contributed by atoms with Crippen LogP contribution in [0.4, 0.5) is 0 Å². The molecule has 4 nitrogen and oxygen atoms in total. The first kappa shape index (κ1) is 10.4. The van der Waals surface area contributed by atoms with E-state index in [1.54, 1.807) is 0 Å². The van der Waals surface area contributed by atoms with Gasteiger partial charge in [0.05, 0.1) is 13.2 Å². The van der Waals surface area contributed by atoms with Gasteiger partial charge in [-0.3, -0.25) is 4.90 Å². The Hall–Kier alpha value is -0.160. The minimum Gasteiger partial charge on any atom is -0.379 e. The lowest BCUT2D eigenvalue weighted by Crippen LogP contribution is -2.55. The molecule has 14 heavy (non-hydrogen) atoms. The Morgan fingerprint density at radius 2 is 2.21 bits per heavy atom. The average molecular weight is 199 g/mol. The number of nitrogens with one attached hydrogen (secondary N) is 1. The van der Waals surface area contributed by atoms with Crippen LogP contribution in [0.5, 0.6) is 0 Å². The average Bonchev–Trinajstić information content (AvgIpc) is 2.74. The second-order valence-electron chi connectivity index (χ2n) is 4.15. The van der Waals surface area contributed by atoms with E-state index >= 15 is 0 Å². The summed E-state index contributed by atoms with van der Waals surface area (Å²) in [5, 5.41) is 3.54. The lowest BCUT2D eigenvalue weighted by Gasteiger charge is -2.37. The molecule has 2 atom stereocenters. The van der Waals surface area contributed by atoms with Crippen molar-refractivity contribution in [2.75, 3.05) is 39.4 Å². The molecule has 4 heteroatoms. The van der Waals surface area contributed by atoms with E-state index < -0.39 is 0 Å². The highest BCUT2D eigenvalue weighted by Crippen LogP contribution is 2.15. The van der Waals surface area contributed by atoms with Gasteiger partial charge >= 0.3 is 0 Å². The summed E-state index contributed by atoms with van der Waals surface area (Å²) in [6.45, 7) is 5.73. The summed E-state index contributed by atoms with van der Waals surface area (Å²) in [6, 6.07) is 1.12. The molecule has 0 amide bonds. The molecule has 0 spiro atoms. The van der Waals surface area contributed by atoms with Gasteiger partial charge in [-0.25, -0.2) is 0 Å². The van der Waals surface area contributed by atoms with Crippen LogP contribution in [0, 0.1) is 0 Å². The summed E-state index contributed by atoms with van der Waals surface area (Å²) in [5.74, 6) is 0. The fourth-order valence-electron chi connectivity index (χ4n) is 2.52. The van der Waals surface area contributed by atoms with Crippen molar-refractivity contribution in [2.45, 2.75) is 24.9 Å². The second kappa shape index (κ2) is 5.07. The molecule has 2 fully saturated rings. The van der Waals surface area contributed by atoms with Crippen molar-refractivity contribution in [2.24, 2.45) is 5.73 Å². The Balaban J connectivity index is 1.89. The normalized spacial score (nSPS) is 31.9. The molecule has 3 N–H and O–H groups in total. The first-order chi connectivity index (χ1) is 6.92. The van der Waals surface area contributed by atoms with Gasteiger partial charge in [-0.15, -0.1) is 0 Å². The summed E-state index contributed by atoms with van der Waals surface area (Å²) in [7, 11) is 0. The van der Waals surface area contributed by atoms with Gasteiger partial charge in [0.15, 0.2) is 0 Å². The third-order valence-electron chi connectivity index (χ3n) is 3.32. The van der Waals surface area contributed by atoms with Crippen molar-refractivity contribution in [1.29, 1.82) is 0 Å². The van der Waals surface area contributed by atoms with Gasteiger partial charge in [0.1, 0.15) is 0 Å². The van der Waals surface area contributed by atoms with E-state index in [0.717, 1.165) is 39.4 Å². The van der Waals surface area contributed by atoms with Crippen molar-refractivity contribution in [3.63, 3.8) is 0 Å². The molecule has 0 aromatic rings. The maximum absolute atomic E-state index is 5.86. The molecule has 2 aliphatic rings. The standard InChI is InChI=1S/C10H21N3O/c11-8-10(9-2-1-3-12-9)13-4-6-14-7-5-13/h9-10,12H,1-8,11H2. The SMILES string of the molecule is NCC(C1CCCN1)N1CCOCC1. The summed E-state index contributed by atoms with van der Waals surface area (Å²) in [5.41, 5.74) is 5.86. The van der Waals surface area contributed by atoms with E-state index in [0.29, 0.717) is 12.1 Å². The van der Waals surface area contributed by atoms with Gasteiger partial charge in [0, 0.05) is 31.7 Å². The number of ether oxygens (including phenoxy) is 1. The molecule has 0 radical (unpaired) electrons. The molecule has 0 aliphatic carbocycles. The molecule has 2 heterocycles. The van der Waals surface area contributed by atoms with Crippen LogP contribution >= 0.6 is 0 Å². The highest BCUT2D eigenvalue weighted by atomic mass is 16.5. The minimum atomic E-state index is 0.515. The van der Waals surface area contributed by atoms with Crippen molar-refractivity contribution in [3.05, 3.63) is 0 Å². The lowest BCUT2D eigenvalue weighted by molar-refractivity contribution is 0.0115. The van der Waals surface area contributed by atoms with Crippen LogP contribution in [0.1, 0.15) is 12.8 Å². The Morgan fingerprint density at radius 1 is 1.43 bits per heavy atom. The number of rotatable bonds is 3. The summed E-state index contributed by atoms with van der Waals surface area (Å²) >= 11 is 0. The molecular weight excluding hydrogens is 178 g/mol. The zero-order valence-electron chi connectivity index (χ0n) is 8.74. The first-order valence-electron chi connectivity index (χ1n) is 5.67. The van der Waals surface area contributed by atoms with E-state index in [9.17, 15) is 0 Å². The minimum absolute atomic E-state index is 0.515. The highest BCUT2D eigenvalue weighted by molar-refractivity contribution is 4.89. The van der Waals surface area contributed by atoms with Crippen molar-refractivity contribution in [3.8, 4) is 0 Å². The van der Waals surface area contributed by atoms with Gasteiger partial charge in [-0.1, -0.05) is 0 Å². The number of nitrogens with zero attached hydrogens (tertiary/aromatic N) is 1. The molecule has 82 valence electrons. The molecular formula is C10H21N3O. The molecule has 0 aromatic carbocycles. The zero-order chi connectivity index (χ0) is 9.80. The predicted molar refractivity (Wildman–Crippen MR) is 56.3 cm³/mol. The fraction of sp³-hybridized carbons (Fsp3) is 1.00. The molecule has 2 unspecified atom stereocenters. The third kappa shape index (κ3) is 2.25. The van der Waals surface area contributed by atoms with Gasteiger partial charge in [0.2, 0.25) is 0 Å². The number of hydrogen-bond donors (Lipinski definition) is 2. The smallest absolute Gasteiger partial charge is 0.0594 e. The van der Waals surface area contributed by atoms with Crippen molar-refractivity contribution >= 4 is 0 Å². The molecule has 2 aliphatic heterocycles. The van der Waals surface area contributed by atoms with Gasteiger partial charge < -0.3 is 15.8 Å². The van der Waals surface area contributed by atoms with Crippen LogP contribution in [0.3, 0.4) is 0 Å². The number of morpholine rings is 1. The number of hydrogen-bond acceptors (Lipinski definition) is 4. The van der Waals surface area contributed by atoms with Crippen molar-refractivity contribution < 1.29 is 4.74 Å². The molecule has 0 aromatic heterocycles. The first-order valence-corrected chi connectivity index (χ1v) is 5.67. The second-order valence-corrected chi connectivity index (χ2v) is 4.15. The van der Waals surface area contributed by atoms with E-state index in [1.165, 1.54) is 12.8 Å². The summed E-state index contributed by atoms with van der Waals surface area (Å²) in [4.78, 5) is 2.48. The van der Waals surface area contributed by atoms with Gasteiger partial charge in [0.25, 0.3) is 0 Å². The van der Waals surface area contributed by atoms with Crippen molar-refractivity contribution in [1.82, 2.24) is 10.2 Å². The molecule has 0 saturated carbocycles. The topological polar surface area (TPSA) is 50.5 Å². The summed E-state index contributed by atoms with van der Waals surface area (Å²) < 4.78 is 5.35. The van der Waals surface area contributed by atoms with E-state index in [4.69, 9.17) is 10.5 Å². The predicted octanol–water partition coefficient (Wildman–Crippen LogP) is -0.602. The van der Waals surface area contributed by atoms with E-state index in [1.807, 2.05) is 0 Å². The van der Waals surface area contributed by atoms with Crippen LogP contribution < -0.4 is 11.1 Å². The zero-order valence-corrected chi connectivity index (χ0v) is 8.74. The van der Waals surface area contributed by atoms with Crippen LogP contribution in [0.2, 0.25) is 0 Å². The Kier molecular flexibility index (Phi) is 3.75. The summed E-state index contributed by atoms with van der Waals surface area (Å²) in [6.07, 6.45) is 2.57. The highest BCUT2D eigenvalue weighted by Gasteiger charge is 2.29. The van der Waals surface area contributed by atoms with Crippen LogP contribution in [0.15, 0.2) is 0 Å². The van der Waals surface area contributed by atoms with Crippen LogP contribution in [0.25, 0.3) is 0 Å². The van der Waals surface area contributed by atoms with Gasteiger partial charge in [-0.05, 0) is 19.4 Å². The lowest BCUT2D eigenvalue weighted by atomic mass is 10.0. The maximum Gasteiger partial charge on any atom is 0.0594 e. The Morgan fingerprint density at radius 3 is 2.79 bits per heavy atom. The maximum atomic E-state index is 5.86. The fourth-order valence-corrected chi connectivity index (χ4v) is 2.52. The Labute approximate surface area is 85.8 Å². The Bertz CT molecular complexity index is 165. The quantitative estimate of drug-likeness (QED) is 0.637. The van der Waals surface area contributed by atoms with E-state index in [2.05, 4.69) is 10.2 Å². The van der Waals surface area contributed by atoms with Gasteiger partial charge in [-0.2, -0.15) is 0 Å². The molecule has 2 saturated heterocycles.